The molecule has 2 aliphatic rings. The summed E-state index contributed by atoms with van der Waals surface area (Å²) in [7, 11) is 0. The molecule has 3 aromatic heterocycles. The Morgan fingerprint density at radius 3 is 2.46 bits per heavy atom. The Hall–Kier alpha value is -4.16. The molecule has 0 amide bonds. The molecule has 6 heteroatoms. The standard InChI is InChI=1S/C31H28N6/c1-2-5-23(6-3-1)26-21-37-18-15-33-31(37)35-30(26)25-10-8-22(9-11-25)20-36-16-12-24(13-17-36)28-19-29-27(34-28)7-4-14-32-29/h1-11,14-15,18,21,24H,12-13,16-17,19-20H2. The Morgan fingerprint density at radius 2 is 1.65 bits per heavy atom. The minimum atomic E-state index is 0.577. The van der Waals surface area contributed by atoms with Crippen molar-refractivity contribution in [3.05, 3.63) is 103 Å². The number of hydrogen-bond acceptors (Lipinski definition) is 5. The predicted molar refractivity (Wildman–Crippen MR) is 147 cm³/mol. The van der Waals surface area contributed by atoms with Crippen LogP contribution in [0.4, 0.5) is 5.69 Å². The average Bonchev–Trinajstić information content (AvgIpc) is 3.60. The Labute approximate surface area is 216 Å². The Balaban J connectivity index is 1.05. The van der Waals surface area contributed by atoms with Crippen molar-refractivity contribution in [3.63, 3.8) is 0 Å². The number of nitrogens with zero attached hydrogens (tertiary/aromatic N) is 6. The summed E-state index contributed by atoms with van der Waals surface area (Å²) in [6.07, 6.45) is 11.0. The number of likely N-dealkylation sites (tertiary alicyclic amines) is 1. The first kappa shape index (κ1) is 22.1. The number of fused-ring (bicyclic) bond motifs is 2. The van der Waals surface area contributed by atoms with Crippen molar-refractivity contribution in [2.75, 3.05) is 13.1 Å². The van der Waals surface area contributed by atoms with Gasteiger partial charge in [0.15, 0.2) is 0 Å². The molecule has 6 nitrogen and oxygen atoms in total. The second-order valence-electron chi connectivity index (χ2n) is 10.0. The van der Waals surface area contributed by atoms with Crippen LogP contribution < -0.4 is 0 Å². The summed E-state index contributed by atoms with van der Waals surface area (Å²) in [6, 6.07) is 23.4. The highest BCUT2D eigenvalue weighted by Crippen LogP contribution is 2.33. The number of aliphatic imine (C=N–C) groups is 1. The van der Waals surface area contributed by atoms with E-state index in [0.717, 1.165) is 59.8 Å². The van der Waals surface area contributed by atoms with Gasteiger partial charge in [-0.1, -0.05) is 54.6 Å². The van der Waals surface area contributed by atoms with Crippen molar-refractivity contribution in [1.29, 1.82) is 0 Å². The number of benzene rings is 2. The topological polar surface area (TPSA) is 58.7 Å². The lowest BCUT2D eigenvalue weighted by molar-refractivity contribution is 0.201. The molecular formula is C31H28N6. The van der Waals surface area contributed by atoms with Crippen LogP contribution in [0.3, 0.4) is 0 Å². The van der Waals surface area contributed by atoms with Gasteiger partial charge in [-0.25, -0.2) is 9.97 Å². The van der Waals surface area contributed by atoms with E-state index >= 15 is 0 Å². The first-order valence-corrected chi connectivity index (χ1v) is 13.0. The van der Waals surface area contributed by atoms with Crippen LogP contribution in [-0.4, -0.2) is 43.1 Å². The summed E-state index contributed by atoms with van der Waals surface area (Å²) >= 11 is 0. The van der Waals surface area contributed by atoms with Crippen molar-refractivity contribution in [3.8, 4) is 22.4 Å². The number of hydrogen-bond donors (Lipinski definition) is 0. The van der Waals surface area contributed by atoms with E-state index in [0.29, 0.717) is 11.7 Å². The van der Waals surface area contributed by atoms with Crippen LogP contribution >= 0.6 is 0 Å². The summed E-state index contributed by atoms with van der Waals surface area (Å²) in [6.45, 7) is 3.18. The highest BCUT2D eigenvalue weighted by molar-refractivity contribution is 5.95. The summed E-state index contributed by atoms with van der Waals surface area (Å²) < 4.78 is 1.98. The molecule has 2 aromatic carbocycles. The highest BCUT2D eigenvalue weighted by Gasteiger charge is 2.27. The number of piperidine rings is 1. The first-order valence-electron chi connectivity index (χ1n) is 13.0. The Kier molecular flexibility index (Phi) is 5.59. The summed E-state index contributed by atoms with van der Waals surface area (Å²) in [5, 5.41) is 0. The van der Waals surface area contributed by atoms with E-state index in [1.54, 1.807) is 6.20 Å². The van der Waals surface area contributed by atoms with E-state index in [1.807, 2.05) is 28.9 Å². The smallest absolute Gasteiger partial charge is 0.234 e. The molecule has 0 atom stereocenters. The molecule has 5 heterocycles. The zero-order chi connectivity index (χ0) is 24.6. The average molecular weight is 485 g/mol. The van der Waals surface area contributed by atoms with Crippen LogP contribution in [-0.2, 0) is 13.0 Å². The third-order valence-electron chi connectivity index (χ3n) is 7.64. The number of aromatic nitrogens is 4. The number of imidazole rings is 1. The number of rotatable bonds is 5. The maximum absolute atomic E-state index is 4.91. The fraction of sp³-hybridized carbons (Fsp3) is 0.226. The molecule has 0 unspecified atom stereocenters. The minimum absolute atomic E-state index is 0.577. The lowest BCUT2D eigenvalue weighted by atomic mass is 9.90. The van der Waals surface area contributed by atoms with Gasteiger partial charge >= 0.3 is 0 Å². The van der Waals surface area contributed by atoms with Crippen LogP contribution in [0.2, 0.25) is 0 Å². The third-order valence-corrected chi connectivity index (χ3v) is 7.64. The van der Waals surface area contributed by atoms with E-state index in [1.165, 1.54) is 24.1 Å². The van der Waals surface area contributed by atoms with Crippen LogP contribution in [0.5, 0.6) is 0 Å². The van der Waals surface area contributed by atoms with Gasteiger partial charge in [0.25, 0.3) is 0 Å². The molecule has 0 spiro atoms. The van der Waals surface area contributed by atoms with Crippen molar-refractivity contribution in [1.82, 2.24) is 24.3 Å². The van der Waals surface area contributed by atoms with Crippen LogP contribution in [0.1, 0.15) is 24.1 Å². The molecule has 5 aromatic rings. The van der Waals surface area contributed by atoms with Gasteiger partial charge < -0.3 is 0 Å². The first-order chi connectivity index (χ1) is 18.3. The molecule has 0 radical (unpaired) electrons. The van der Waals surface area contributed by atoms with E-state index in [2.05, 4.69) is 75.7 Å². The zero-order valence-electron chi connectivity index (χ0n) is 20.7. The van der Waals surface area contributed by atoms with Gasteiger partial charge in [-0.3, -0.25) is 19.3 Å². The van der Waals surface area contributed by atoms with Crippen molar-refractivity contribution >= 4 is 17.2 Å². The summed E-state index contributed by atoms with van der Waals surface area (Å²) in [5.41, 5.74) is 9.19. The zero-order valence-corrected chi connectivity index (χ0v) is 20.7. The van der Waals surface area contributed by atoms with Gasteiger partial charge in [0, 0.05) is 60.5 Å². The fourth-order valence-electron chi connectivity index (χ4n) is 5.62. The lowest BCUT2D eigenvalue weighted by Crippen LogP contribution is -2.36. The van der Waals surface area contributed by atoms with Gasteiger partial charge in [0.05, 0.1) is 17.1 Å². The van der Waals surface area contributed by atoms with Crippen LogP contribution in [0.25, 0.3) is 28.2 Å². The molecule has 0 saturated carbocycles. The molecule has 1 saturated heterocycles. The monoisotopic (exact) mass is 484 g/mol. The number of pyridine rings is 1. The SMILES string of the molecule is c1ccc(-c2cn3ccnc3nc2-c2ccc(CN3CCC(C4=Nc5cccnc5C4)CC3)cc2)cc1. The minimum Gasteiger partial charge on any atom is -0.299 e. The van der Waals surface area contributed by atoms with Crippen LogP contribution in [0.15, 0.2) is 96.5 Å². The van der Waals surface area contributed by atoms with Crippen molar-refractivity contribution < 1.29 is 0 Å². The lowest BCUT2D eigenvalue weighted by Gasteiger charge is -2.32. The second-order valence-corrected chi connectivity index (χ2v) is 10.0. The van der Waals surface area contributed by atoms with E-state index in [-0.39, 0.29) is 0 Å². The largest absolute Gasteiger partial charge is 0.299 e. The van der Waals surface area contributed by atoms with Gasteiger partial charge in [-0.05, 0) is 49.2 Å². The van der Waals surface area contributed by atoms with E-state index in [4.69, 9.17) is 9.98 Å². The molecule has 0 aliphatic carbocycles. The molecule has 0 N–H and O–H groups in total. The Morgan fingerprint density at radius 1 is 0.811 bits per heavy atom. The quantitative estimate of drug-likeness (QED) is 0.307. The summed E-state index contributed by atoms with van der Waals surface area (Å²) in [5.74, 6) is 1.29. The van der Waals surface area contributed by atoms with Crippen molar-refractivity contribution in [2.24, 2.45) is 10.9 Å². The van der Waals surface area contributed by atoms with Crippen LogP contribution in [0, 0.1) is 5.92 Å². The van der Waals surface area contributed by atoms with Crippen molar-refractivity contribution in [2.45, 2.75) is 25.8 Å². The van der Waals surface area contributed by atoms with Gasteiger partial charge in [0.1, 0.15) is 0 Å². The highest BCUT2D eigenvalue weighted by atomic mass is 15.1. The van der Waals surface area contributed by atoms with E-state index < -0.39 is 0 Å². The predicted octanol–water partition coefficient (Wildman–Crippen LogP) is 6.00. The molecule has 7 rings (SSSR count). The Bertz CT molecular complexity index is 1580. The molecule has 0 bridgehead atoms. The molecule has 1 fully saturated rings. The van der Waals surface area contributed by atoms with Gasteiger partial charge in [-0.2, -0.15) is 0 Å². The fourth-order valence-corrected chi connectivity index (χ4v) is 5.62. The maximum Gasteiger partial charge on any atom is 0.234 e. The second kappa shape index (κ2) is 9.37. The van der Waals surface area contributed by atoms with Gasteiger partial charge in [0.2, 0.25) is 5.78 Å². The third kappa shape index (κ3) is 4.34. The molecular weight excluding hydrogens is 456 g/mol. The summed E-state index contributed by atoms with van der Waals surface area (Å²) in [4.78, 5) is 21.3. The molecule has 2 aliphatic heterocycles. The maximum atomic E-state index is 4.91. The molecule has 182 valence electrons. The molecule has 37 heavy (non-hydrogen) atoms. The van der Waals surface area contributed by atoms with Gasteiger partial charge in [-0.15, -0.1) is 0 Å². The van der Waals surface area contributed by atoms with E-state index in [9.17, 15) is 0 Å². The normalized spacial score (nSPS) is 16.2.